The molecule has 23 heavy (non-hydrogen) atoms. The molecule has 2 aromatic rings. The highest BCUT2D eigenvalue weighted by atomic mass is 32.2. The Morgan fingerprint density at radius 1 is 0.957 bits per heavy atom. The minimum atomic E-state index is -4.46. The van der Waals surface area contributed by atoms with Crippen LogP contribution < -0.4 is 4.74 Å². The van der Waals surface area contributed by atoms with Gasteiger partial charge in [0.25, 0.3) is 10.1 Å². The third-order valence-corrected chi connectivity index (χ3v) is 3.61. The SMILES string of the molecule is COc1ccc(C(=O)c2ccccc2)cc1S(=O)(=O)O.O.O.O. The van der Waals surface area contributed by atoms with E-state index < -0.39 is 15.0 Å². The summed E-state index contributed by atoms with van der Waals surface area (Å²) in [5, 5.41) is 0. The fourth-order valence-corrected chi connectivity index (χ4v) is 2.46. The summed E-state index contributed by atoms with van der Waals surface area (Å²) < 4.78 is 36.6. The molecule has 2 rings (SSSR count). The van der Waals surface area contributed by atoms with Crippen molar-refractivity contribution in [2.24, 2.45) is 0 Å². The maximum atomic E-state index is 12.2. The lowest BCUT2D eigenvalue weighted by molar-refractivity contribution is 0.103. The van der Waals surface area contributed by atoms with Crippen molar-refractivity contribution >= 4 is 15.9 Å². The summed E-state index contributed by atoms with van der Waals surface area (Å²) in [7, 11) is -3.18. The Morgan fingerprint density at radius 3 is 2.00 bits per heavy atom. The zero-order valence-corrected chi connectivity index (χ0v) is 12.9. The third-order valence-electron chi connectivity index (χ3n) is 2.74. The molecule has 8 nitrogen and oxygen atoms in total. The van der Waals surface area contributed by atoms with Crippen molar-refractivity contribution in [3.05, 3.63) is 59.7 Å². The van der Waals surface area contributed by atoms with E-state index in [2.05, 4.69) is 0 Å². The van der Waals surface area contributed by atoms with Crippen LogP contribution in [0.1, 0.15) is 15.9 Å². The number of ketones is 1. The Labute approximate surface area is 133 Å². The number of carbonyl (C=O) groups excluding carboxylic acids is 1. The van der Waals surface area contributed by atoms with Crippen molar-refractivity contribution in [1.29, 1.82) is 0 Å². The number of hydrogen-bond donors (Lipinski definition) is 1. The van der Waals surface area contributed by atoms with Gasteiger partial charge in [-0.25, -0.2) is 0 Å². The maximum Gasteiger partial charge on any atom is 0.298 e. The minimum Gasteiger partial charge on any atom is -0.495 e. The van der Waals surface area contributed by atoms with Gasteiger partial charge in [-0.1, -0.05) is 30.3 Å². The van der Waals surface area contributed by atoms with Gasteiger partial charge in [0.1, 0.15) is 10.6 Å². The molecule has 0 heterocycles. The van der Waals surface area contributed by atoms with E-state index in [-0.39, 0.29) is 33.5 Å². The van der Waals surface area contributed by atoms with Gasteiger partial charge in [-0.3, -0.25) is 9.35 Å². The topological polar surface area (TPSA) is 175 Å². The molecule has 0 unspecified atom stereocenters. The van der Waals surface area contributed by atoms with Crippen LogP contribution in [0.3, 0.4) is 0 Å². The van der Waals surface area contributed by atoms with Gasteiger partial charge in [-0.05, 0) is 18.2 Å². The number of ether oxygens (including phenoxy) is 1. The number of benzene rings is 2. The summed E-state index contributed by atoms with van der Waals surface area (Å²) in [4.78, 5) is 11.8. The molecule has 0 aliphatic rings. The van der Waals surface area contributed by atoms with E-state index in [1.807, 2.05) is 0 Å². The van der Waals surface area contributed by atoms with E-state index in [1.54, 1.807) is 30.3 Å². The lowest BCUT2D eigenvalue weighted by Crippen LogP contribution is -2.06. The normalized spacial score (nSPS) is 9.65. The van der Waals surface area contributed by atoms with Gasteiger partial charge in [0.05, 0.1) is 7.11 Å². The largest absolute Gasteiger partial charge is 0.495 e. The molecule has 0 saturated heterocycles. The summed E-state index contributed by atoms with van der Waals surface area (Å²) in [5.74, 6) is -0.352. The van der Waals surface area contributed by atoms with Crippen LogP contribution in [0.2, 0.25) is 0 Å². The van der Waals surface area contributed by atoms with E-state index in [0.29, 0.717) is 5.56 Å². The molecule has 0 amide bonds. The first-order valence-corrected chi connectivity index (χ1v) is 7.13. The lowest BCUT2D eigenvalue weighted by atomic mass is 10.0. The quantitative estimate of drug-likeness (QED) is 0.589. The lowest BCUT2D eigenvalue weighted by Gasteiger charge is -2.08. The first kappa shape index (κ1) is 23.0. The number of hydrogen-bond acceptors (Lipinski definition) is 4. The predicted molar refractivity (Wildman–Crippen MR) is 83.5 cm³/mol. The molecule has 0 fully saturated rings. The summed E-state index contributed by atoms with van der Waals surface area (Å²) in [6.07, 6.45) is 0. The van der Waals surface area contributed by atoms with Crippen molar-refractivity contribution in [2.45, 2.75) is 4.90 Å². The number of rotatable bonds is 4. The molecular weight excluding hydrogens is 328 g/mol. The zero-order valence-electron chi connectivity index (χ0n) is 12.1. The molecule has 2 aromatic carbocycles. The van der Waals surface area contributed by atoms with E-state index >= 15 is 0 Å². The molecule has 0 aliphatic heterocycles. The highest BCUT2D eigenvalue weighted by Crippen LogP contribution is 2.25. The van der Waals surface area contributed by atoms with Crippen LogP contribution in [0.25, 0.3) is 0 Å². The van der Waals surface area contributed by atoms with E-state index in [4.69, 9.17) is 9.29 Å². The average Bonchev–Trinajstić information content (AvgIpc) is 2.46. The van der Waals surface area contributed by atoms with Crippen molar-refractivity contribution in [3.8, 4) is 5.75 Å². The Balaban J connectivity index is 0. The van der Waals surface area contributed by atoms with Gasteiger partial charge < -0.3 is 21.2 Å². The van der Waals surface area contributed by atoms with Gasteiger partial charge in [0.15, 0.2) is 5.78 Å². The molecule has 128 valence electrons. The Bertz CT molecular complexity index is 741. The Hall–Kier alpha value is -2.30. The molecule has 0 aromatic heterocycles. The molecule has 0 saturated carbocycles. The molecule has 7 N–H and O–H groups in total. The van der Waals surface area contributed by atoms with Crippen LogP contribution in [0.4, 0.5) is 0 Å². The van der Waals surface area contributed by atoms with Crippen LogP contribution >= 0.6 is 0 Å². The summed E-state index contributed by atoms with van der Waals surface area (Å²) >= 11 is 0. The molecule has 0 spiro atoms. The van der Waals surface area contributed by atoms with Crippen LogP contribution in [0.5, 0.6) is 5.75 Å². The highest BCUT2D eigenvalue weighted by molar-refractivity contribution is 7.86. The minimum absolute atomic E-state index is 0. The second-order valence-electron chi connectivity index (χ2n) is 4.04. The van der Waals surface area contributed by atoms with Crippen LogP contribution in [0, 0.1) is 0 Å². The van der Waals surface area contributed by atoms with Gasteiger partial charge in [0.2, 0.25) is 0 Å². The summed E-state index contributed by atoms with van der Waals surface area (Å²) in [6.45, 7) is 0. The number of methoxy groups -OCH3 is 1. The van der Waals surface area contributed by atoms with Crippen molar-refractivity contribution in [2.75, 3.05) is 7.11 Å². The van der Waals surface area contributed by atoms with Crippen molar-refractivity contribution in [3.63, 3.8) is 0 Å². The monoisotopic (exact) mass is 346 g/mol. The zero-order chi connectivity index (χ0) is 14.8. The van der Waals surface area contributed by atoms with Gasteiger partial charge in [-0.2, -0.15) is 8.42 Å². The van der Waals surface area contributed by atoms with Crippen molar-refractivity contribution < 1.29 is 38.9 Å². The standard InChI is InChI=1S/C14H12O5S.3H2O/c1-19-12-8-7-11(9-13(12)20(16,17)18)14(15)10-5-3-2-4-6-10;;;/h2-9H,1H3,(H,16,17,18);3*1H2. The highest BCUT2D eigenvalue weighted by Gasteiger charge is 2.19. The first-order chi connectivity index (χ1) is 9.43. The Kier molecular flexibility index (Phi) is 8.97. The average molecular weight is 346 g/mol. The van der Waals surface area contributed by atoms with Gasteiger partial charge >= 0.3 is 0 Å². The van der Waals surface area contributed by atoms with E-state index in [9.17, 15) is 13.2 Å². The molecular formula is C14H18O8S. The summed E-state index contributed by atoms with van der Waals surface area (Å²) in [6, 6.07) is 12.3. The first-order valence-electron chi connectivity index (χ1n) is 5.69. The molecule has 0 bridgehead atoms. The van der Waals surface area contributed by atoms with E-state index in [1.165, 1.54) is 19.2 Å². The summed E-state index contributed by atoms with van der Waals surface area (Å²) in [5.41, 5.74) is 0.587. The maximum absolute atomic E-state index is 12.2. The van der Waals surface area contributed by atoms with Crippen LogP contribution in [-0.2, 0) is 10.1 Å². The third kappa shape index (κ3) is 5.13. The molecule has 9 heteroatoms. The predicted octanol–water partition coefficient (Wildman–Crippen LogP) is -0.301. The number of carbonyl (C=O) groups is 1. The molecule has 0 atom stereocenters. The van der Waals surface area contributed by atoms with Gasteiger partial charge in [-0.15, -0.1) is 0 Å². The fourth-order valence-electron chi connectivity index (χ4n) is 1.78. The smallest absolute Gasteiger partial charge is 0.298 e. The second-order valence-corrected chi connectivity index (χ2v) is 5.43. The van der Waals surface area contributed by atoms with Crippen LogP contribution in [-0.4, -0.2) is 42.3 Å². The van der Waals surface area contributed by atoms with Crippen molar-refractivity contribution in [1.82, 2.24) is 0 Å². The van der Waals surface area contributed by atoms with E-state index in [0.717, 1.165) is 6.07 Å². The van der Waals surface area contributed by atoms with Gasteiger partial charge in [0, 0.05) is 11.1 Å². The molecule has 0 radical (unpaired) electrons. The molecule has 0 aliphatic carbocycles. The van der Waals surface area contributed by atoms with Crippen LogP contribution in [0.15, 0.2) is 53.4 Å². The Morgan fingerprint density at radius 2 is 1.52 bits per heavy atom. The second kappa shape index (κ2) is 8.98. The fraction of sp³-hybridized carbons (Fsp3) is 0.0714.